The topological polar surface area (TPSA) is 29.1 Å². The summed E-state index contributed by atoms with van der Waals surface area (Å²) in [6.45, 7) is 0. The maximum Gasteiger partial charge on any atom is 0.224 e. The molecule has 2 aromatic rings. The lowest BCUT2D eigenvalue weighted by Gasteiger charge is -2.28. The first-order valence-electron chi connectivity index (χ1n) is 8.51. The summed E-state index contributed by atoms with van der Waals surface area (Å²) in [4.78, 5) is 12.1. The molecule has 0 heterocycles. The van der Waals surface area contributed by atoms with E-state index in [4.69, 9.17) is 11.6 Å². The molecule has 0 aliphatic heterocycles. The highest BCUT2D eigenvalue weighted by atomic mass is 35.5. The lowest BCUT2D eigenvalue weighted by Crippen LogP contribution is -2.20. The summed E-state index contributed by atoms with van der Waals surface area (Å²) in [6.07, 6.45) is 4.21. The highest BCUT2D eigenvalue weighted by Gasteiger charge is 2.24. The minimum atomic E-state index is -0.375. The van der Waals surface area contributed by atoms with Crippen LogP contribution in [0.4, 0.5) is 14.5 Å². The quantitative estimate of drug-likeness (QED) is 0.717. The van der Waals surface area contributed by atoms with E-state index in [2.05, 4.69) is 5.32 Å². The Balaban J connectivity index is 1.49. The van der Waals surface area contributed by atoms with Crippen molar-refractivity contribution in [2.24, 2.45) is 5.92 Å². The van der Waals surface area contributed by atoms with Crippen molar-refractivity contribution in [1.82, 2.24) is 0 Å². The van der Waals surface area contributed by atoms with Gasteiger partial charge >= 0.3 is 0 Å². The van der Waals surface area contributed by atoms with Crippen LogP contribution in [0.1, 0.15) is 43.6 Å². The molecule has 0 bridgehead atoms. The Bertz CT molecular complexity index is 740. The van der Waals surface area contributed by atoms with Gasteiger partial charge in [0.05, 0.1) is 5.02 Å². The summed E-state index contributed by atoms with van der Waals surface area (Å²) in [7, 11) is 0. The number of amides is 1. The van der Waals surface area contributed by atoms with Crippen molar-refractivity contribution in [3.63, 3.8) is 0 Å². The number of hydrogen-bond donors (Lipinski definition) is 1. The normalized spacial score (nSPS) is 20.3. The molecule has 0 atom stereocenters. The Morgan fingerprint density at radius 2 is 1.72 bits per heavy atom. The molecule has 3 rings (SSSR count). The molecule has 0 spiro atoms. The predicted molar refractivity (Wildman–Crippen MR) is 95.8 cm³/mol. The van der Waals surface area contributed by atoms with Crippen LogP contribution in [0.15, 0.2) is 42.5 Å². The average molecular weight is 364 g/mol. The second-order valence-electron chi connectivity index (χ2n) is 6.65. The second-order valence-corrected chi connectivity index (χ2v) is 7.06. The molecule has 132 valence electrons. The van der Waals surface area contributed by atoms with Gasteiger partial charge in [-0.3, -0.25) is 4.79 Å². The van der Waals surface area contributed by atoms with Gasteiger partial charge in [0, 0.05) is 12.1 Å². The van der Waals surface area contributed by atoms with Gasteiger partial charge in [-0.25, -0.2) is 8.78 Å². The molecular formula is C20H20ClF2NO. The second kappa shape index (κ2) is 7.96. The molecule has 0 unspecified atom stereocenters. The van der Waals surface area contributed by atoms with Crippen LogP contribution in [-0.2, 0) is 4.79 Å². The molecule has 0 saturated heterocycles. The summed E-state index contributed by atoms with van der Waals surface area (Å²) in [6, 6.07) is 10.8. The van der Waals surface area contributed by atoms with Gasteiger partial charge in [-0.2, -0.15) is 0 Å². The van der Waals surface area contributed by atoms with Crippen LogP contribution in [-0.4, -0.2) is 5.91 Å². The summed E-state index contributed by atoms with van der Waals surface area (Å²) in [5, 5.41) is 2.95. The number of carbonyl (C=O) groups excluding carboxylic acids is 1. The molecule has 1 amide bonds. The summed E-state index contributed by atoms with van der Waals surface area (Å²) < 4.78 is 26.5. The lowest BCUT2D eigenvalue weighted by atomic mass is 9.77. The zero-order valence-electron chi connectivity index (χ0n) is 13.8. The molecule has 1 N–H and O–H groups in total. The molecule has 1 aliphatic rings. The fourth-order valence-corrected chi connectivity index (χ4v) is 3.59. The first-order chi connectivity index (χ1) is 12.0. The van der Waals surface area contributed by atoms with Gasteiger partial charge in [-0.1, -0.05) is 17.7 Å². The fraction of sp³-hybridized carbons (Fsp3) is 0.350. The fourth-order valence-electron chi connectivity index (χ4n) is 3.47. The average Bonchev–Trinajstić information content (AvgIpc) is 2.60. The van der Waals surface area contributed by atoms with E-state index in [1.54, 1.807) is 18.2 Å². The molecule has 0 aromatic heterocycles. The lowest BCUT2D eigenvalue weighted by molar-refractivity contribution is -0.117. The van der Waals surface area contributed by atoms with E-state index in [0.29, 0.717) is 23.9 Å². The zero-order valence-corrected chi connectivity index (χ0v) is 14.5. The number of halogens is 3. The zero-order chi connectivity index (χ0) is 17.8. The molecule has 2 aromatic carbocycles. The van der Waals surface area contributed by atoms with E-state index in [1.165, 1.54) is 18.2 Å². The van der Waals surface area contributed by atoms with Gasteiger partial charge in [-0.15, -0.1) is 0 Å². The molecule has 1 saturated carbocycles. The smallest absolute Gasteiger partial charge is 0.224 e. The molecular weight excluding hydrogens is 344 g/mol. The molecule has 1 aliphatic carbocycles. The Kier molecular flexibility index (Phi) is 5.69. The summed E-state index contributed by atoms with van der Waals surface area (Å²) >= 11 is 5.73. The van der Waals surface area contributed by atoms with Crippen molar-refractivity contribution < 1.29 is 13.6 Å². The standard InChI is InChI=1S/C20H20ClF2NO/c21-18-10-5-15(12-19(18)23)14-3-1-13(2-4-14)11-20(25)24-17-8-6-16(22)7-9-17/h5-10,12-14H,1-4,11H2,(H,24,25)/t13-,14-. The molecule has 0 radical (unpaired) electrons. The van der Waals surface area contributed by atoms with E-state index < -0.39 is 0 Å². The summed E-state index contributed by atoms with van der Waals surface area (Å²) in [5.41, 5.74) is 1.59. The Morgan fingerprint density at radius 1 is 1.04 bits per heavy atom. The van der Waals surface area contributed by atoms with Crippen molar-refractivity contribution in [2.45, 2.75) is 38.0 Å². The van der Waals surface area contributed by atoms with Crippen LogP contribution in [0.5, 0.6) is 0 Å². The van der Waals surface area contributed by atoms with Crippen molar-refractivity contribution >= 4 is 23.2 Å². The highest BCUT2D eigenvalue weighted by Crippen LogP contribution is 2.37. The van der Waals surface area contributed by atoms with Crippen molar-refractivity contribution in [2.75, 3.05) is 5.32 Å². The van der Waals surface area contributed by atoms with E-state index in [-0.39, 0.29) is 22.6 Å². The van der Waals surface area contributed by atoms with E-state index >= 15 is 0 Å². The first kappa shape index (κ1) is 17.9. The molecule has 1 fully saturated rings. The SMILES string of the molecule is O=C(C[C@H]1CC[C@H](c2ccc(Cl)c(F)c2)CC1)Nc1ccc(F)cc1. The third kappa shape index (κ3) is 4.79. The van der Waals surface area contributed by atoms with Crippen LogP contribution in [0.3, 0.4) is 0 Å². The minimum Gasteiger partial charge on any atom is -0.326 e. The van der Waals surface area contributed by atoms with Crippen LogP contribution in [0.2, 0.25) is 5.02 Å². The first-order valence-corrected chi connectivity index (χ1v) is 8.89. The molecule has 5 heteroatoms. The van der Waals surface area contributed by atoms with Gasteiger partial charge < -0.3 is 5.32 Å². The van der Waals surface area contributed by atoms with Crippen LogP contribution >= 0.6 is 11.6 Å². The number of carbonyl (C=O) groups is 1. The number of anilines is 1. The van der Waals surface area contributed by atoms with Gasteiger partial charge in [-0.05, 0) is 79.5 Å². The van der Waals surface area contributed by atoms with Gasteiger partial charge in [0.2, 0.25) is 5.91 Å². The minimum absolute atomic E-state index is 0.0485. The van der Waals surface area contributed by atoms with Crippen molar-refractivity contribution in [1.29, 1.82) is 0 Å². The third-order valence-corrected chi connectivity index (χ3v) is 5.17. The predicted octanol–water partition coefficient (Wildman–Crippen LogP) is 5.92. The Hall–Kier alpha value is -1.94. The van der Waals surface area contributed by atoms with Crippen LogP contribution < -0.4 is 5.32 Å². The van der Waals surface area contributed by atoms with E-state index in [9.17, 15) is 13.6 Å². The number of hydrogen-bond acceptors (Lipinski definition) is 1. The van der Waals surface area contributed by atoms with Crippen LogP contribution in [0.25, 0.3) is 0 Å². The molecule has 25 heavy (non-hydrogen) atoms. The van der Waals surface area contributed by atoms with Crippen molar-refractivity contribution in [3.05, 3.63) is 64.7 Å². The van der Waals surface area contributed by atoms with Crippen molar-refractivity contribution in [3.8, 4) is 0 Å². The van der Waals surface area contributed by atoms with Gasteiger partial charge in [0.1, 0.15) is 11.6 Å². The van der Waals surface area contributed by atoms with Gasteiger partial charge in [0.25, 0.3) is 0 Å². The number of benzene rings is 2. The van der Waals surface area contributed by atoms with E-state index in [1.807, 2.05) is 6.07 Å². The maximum atomic E-state index is 13.6. The monoisotopic (exact) mass is 363 g/mol. The Morgan fingerprint density at radius 3 is 2.36 bits per heavy atom. The summed E-state index contributed by atoms with van der Waals surface area (Å²) in [5.74, 6) is -0.0976. The van der Waals surface area contributed by atoms with Crippen LogP contribution in [0, 0.1) is 17.6 Å². The Labute approximate surface area is 151 Å². The van der Waals surface area contributed by atoms with Gasteiger partial charge in [0.15, 0.2) is 0 Å². The number of rotatable bonds is 4. The largest absolute Gasteiger partial charge is 0.326 e. The highest BCUT2D eigenvalue weighted by molar-refractivity contribution is 6.30. The maximum absolute atomic E-state index is 13.6. The van der Waals surface area contributed by atoms with E-state index in [0.717, 1.165) is 31.2 Å². The third-order valence-electron chi connectivity index (χ3n) is 4.86. The molecule has 2 nitrogen and oxygen atoms in total. The number of nitrogens with one attached hydrogen (secondary N) is 1.